The zero-order valence-corrected chi connectivity index (χ0v) is 4.95. The first-order chi connectivity index (χ1) is 4.31. The van der Waals surface area contributed by atoms with Crippen LogP contribution in [0.5, 0.6) is 0 Å². The lowest BCUT2D eigenvalue weighted by molar-refractivity contribution is 0.0161. The van der Waals surface area contributed by atoms with E-state index >= 15 is 0 Å². The fourth-order valence-electron chi connectivity index (χ4n) is 0.293. The molecule has 52 valence electrons. The lowest BCUT2D eigenvalue weighted by Crippen LogP contribution is -2.19. The van der Waals surface area contributed by atoms with Gasteiger partial charge >= 0.3 is 0 Å². The van der Waals surface area contributed by atoms with Gasteiger partial charge < -0.3 is 14.9 Å². The van der Waals surface area contributed by atoms with Gasteiger partial charge in [-0.15, -0.1) is 0 Å². The summed E-state index contributed by atoms with van der Waals surface area (Å²) >= 11 is 0. The maximum atomic E-state index is 8.60. The van der Waals surface area contributed by atoms with Crippen molar-refractivity contribution in [3.05, 3.63) is 0 Å². The van der Waals surface area contributed by atoms with Gasteiger partial charge in [0.1, 0.15) is 12.7 Å². The Balaban J connectivity index is 2.99. The summed E-state index contributed by atoms with van der Waals surface area (Å²) in [6, 6.07) is 1.73. The smallest absolute Gasteiger partial charge is 0.133 e. The maximum Gasteiger partial charge on any atom is 0.133 e. The van der Waals surface area contributed by atoms with Crippen LogP contribution in [0.25, 0.3) is 0 Å². The standard InChI is InChI=1S/C5H9NO3/c6-1-2-9-4-5(8)3-7/h5,7-8H,2-4H2. The summed E-state index contributed by atoms with van der Waals surface area (Å²) in [5, 5.41) is 24.8. The zero-order valence-electron chi connectivity index (χ0n) is 4.95. The number of hydrogen-bond acceptors (Lipinski definition) is 4. The Kier molecular flexibility index (Phi) is 5.12. The predicted molar refractivity (Wildman–Crippen MR) is 29.5 cm³/mol. The van der Waals surface area contributed by atoms with Crippen LogP contribution in [0.2, 0.25) is 0 Å². The van der Waals surface area contributed by atoms with Gasteiger partial charge in [0, 0.05) is 0 Å². The van der Waals surface area contributed by atoms with Crippen LogP contribution < -0.4 is 0 Å². The number of aliphatic hydroxyl groups is 2. The lowest BCUT2D eigenvalue weighted by atomic mass is 10.4. The molecule has 1 atom stereocenters. The highest BCUT2D eigenvalue weighted by atomic mass is 16.5. The second-order valence-electron chi connectivity index (χ2n) is 1.51. The van der Waals surface area contributed by atoms with Crippen LogP contribution in [0, 0.1) is 11.3 Å². The summed E-state index contributed by atoms with van der Waals surface area (Å²) in [6.07, 6.45) is -0.863. The molecule has 0 amide bonds. The van der Waals surface area contributed by atoms with E-state index < -0.39 is 6.10 Å². The summed E-state index contributed by atoms with van der Waals surface area (Å²) in [7, 11) is 0. The Bertz CT molecular complexity index is 98.9. The first kappa shape index (κ1) is 8.37. The van der Waals surface area contributed by atoms with E-state index in [1.807, 2.05) is 0 Å². The van der Waals surface area contributed by atoms with Crippen molar-refractivity contribution in [3.63, 3.8) is 0 Å². The first-order valence-corrected chi connectivity index (χ1v) is 2.55. The molecule has 0 aliphatic rings. The normalized spacial score (nSPS) is 12.6. The van der Waals surface area contributed by atoms with Crippen molar-refractivity contribution >= 4 is 0 Å². The van der Waals surface area contributed by atoms with Gasteiger partial charge in [-0.05, 0) is 0 Å². The Morgan fingerprint density at radius 2 is 2.33 bits per heavy atom. The number of hydrogen-bond donors (Lipinski definition) is 2. The molecule has 9 heavy (non-hydrogen) atoms. The molecule has 0 radical (unpaired) electrons. The van der Waals surface area contributed by atoms with Crippen LogP contribution in [-0.2, 0) is 4.74 Å². The largest absolute Gasteiger partial charge is 0.394 e. The van der Waals surface area contributed by atoms with Gasteiger partial charge in [0.15, 0.2) is 0 Å². The highest BCUT2D eigenvalue weighted by Crippen LogP contribution is 1.81. The van der Waals surface area contributed by atoms with E-state index in [0.717, 1.165) is 0 Å². The third kappa shape index (κ3) is 5.24. The third-order valence-corrected chi connectivity index (χ3v) is 0.688. The average molecular weight is 131 g/mol. The highest BCUT2D eigenvalue weighted by molar-refractivity contribution is 4.66. The third-order valence-electron chi connectivity index (χ3n) is 0.688. The van der Waals surface area contributed by atoms with E-state index in [1.165, 1.54) is 0 Å². The molecule has 0 saturated carbocycles. The van der Waals surface area contributed by atoms with Gasteiger partial charge in [0.05, 0.1) is 19.3 Å². The number of rotatable bonds is 4. The van der Waals surface area contributed by atoms with Gasteiger partial charge in [0.2, 0.25) is 0 Å². The van der Waals surface area contributed by atoms with E-state index in [4.69, 9.17) is 15.5 Å². The van der Waals surface area contributed by atoms with Crippen LogP contribution in [-0.4, -0.2) is 36.1 Å². The Labute approximate surface area is 53.3 Å². The Hall–Kier alpha value is -0.630. The summed E-state index contributed by atoms with van der Waals surface area (Å²) in [4.78, 5) is 0. The van der Waals surface area contributed by atoms with Gasteiger partial charge in [-0.3, -0.25) is 0 Å². The fraction of sp³-hybridized carbons (Fsp3) is 0.800. The number of aliphatic hydroxyl groups excluding tert-OH is 2. The topological polar surface area (TPSA) is 73.5 Å². The highest BCUT2D eigenvalue weighted by Gasteiger charge is 1.99. The molecular formula is C5H9NO3. The van der Waals surface area contributed by atoms with E-state index in [-0.39, 0.29) is 19.8 Å². The molecule has 0 heterocycles. The molecule has 1 unspecified atom stereocenters. The SMILES string of the molecule is N#CCOCC(O)CO. The molecule has 0 fully saturated rings. The van der Waals surface area contributed by atoms with Gasteiger partial charge in [-0.2, -0.15) is 5.26 Å². The number of nitriles is 1. The molecular weight excluding hydrogens is 122 g/mol. The molecule has 0 rings (SSSR count). The second-order valence-corrected chi connectivity index (χ2v) is 1.51. The van der Waals surface area contributed by atoms with Crippen LogP contribution >= 0.6 is 0 Å². The van der Waals surface area contributed by atoms with Crippen molar-refractivity contribution < 1.29 is 14.9 Å². The number of ether oxygens (including phenoxy) is 1. The molecule has 0 spiro atoms. The summed E-state index contributed by atoms with van der Waals surface area (Å²) < 4.78 is 4.56. The van der Waals surface area contributed by atoms with Crippen LogP contribution in [0.4, 0.5) is 0 Å². The van der Waals surface area contributed by atoms with Crippen molar-refractivity contribution in [1.29, 1.82) is 5.26 Å². The van der Waals surface area contributed by atoms with Crippen molar-refractivity contribution in [2.24, 2.45) is 0 Å². The van der Waals surface area contributed by atoms with Crippen LogP contribution in [0.1, 0.15) is 0 Å². The van der Waals surface area contributed by atoms with Gasteiger partial charge in [-0.1, -0.05) is 0 Å². The monoisotopic (exact) mass is 131 g/mol. The van der Waals surface area contributed by atoms with Gasteiger partial charge in [-0.25, -0.2) is 0 Å². The van der Waals surface area contributed by atoms with Crippen molar-refractivity contribution in [2.45, 2.75) is 6.10 Å². The molecule has 0 aliphatic heterocycles. The molecule has 0 aromatic rings. The van der Waals surface area contributed by atoms with Crippen molar-refractivity contribution in [3.8, 4) is 6.07 Å². The maximum absolute atomic E-state index is 8.60. The molecule has 0 saturated heterocycles. The summed E-state index contributed by atoms with van der Waals surface area (Å²) in [6.45, 7) is -0.355. The lowest BCUT2D eigenvalue weighted by Gasteiger charge is -2.03. The van der Waals surface area contributed by atoms with E-state index in [2.05, 4.69) is 4.74 Å². The van der Waals surface area contributed by atoms with E-state index in [9.17, 15) is 0 Å². The predicted octanol–water partition coefficient (Wildman–Crippen LogP) is -1.12. The minimum absolute atomic E-state index is 0.0179. The molecule has 0 bridgehead atoms. The molecule has 4 heteroatoms. The molecule has 0 aliphatic carbocycles. The minimum atomic E-state index is -0.863. The van der Waals surface area contributed by atoms with E-state index in [1.54, 1.807) is 6.07 Å². The molecule has 2 N–H and O–H groups in total. The van der Waals surface area contributed by atoms with Crippen molar-refractivity contribution in [2.75, 3.05) is 19.8 Å². The van der Waals surface area contributed by atoms with E-state index in [0.29, 0.717) is 0 Å². The van der Waals surface area contributed by atoms with Crippen LogP contribution in [0.15, 0.2) is 0 Å². The molecule has 4 nitrogen and oxygen atoms in total. The molecule has 0 aromatic heterocycles. The quantitative estimate of drug-likeness (QED) is 0.474. The van der Waals surface area contributed by atoms with Crippen LogP contribution in [0.3, 0.4) is 0 Å². The Morgan fingerprint density at radius 3 is 2.78 bits per heavy atom. The van der Waals surface area contributed by atoms with Gasteiger partial charge in [0.25, 0.3) is 0 Å². The zero-order chi connectivity index (χ0) is 7.11. The summed E-state index contributed by atoms with van der Waals surface area (Å²) in [5.41, 5.74) is 0. The fourth-order valence-corrected chi connectivity index (χ4v) is 0.293. The van der Waals surface area contributed by atoms with Crippen molar-refractivity contribution in [1.82, 2.24) is 0 Å². The summed E-state index contributed by atoms with van der Waals surface area (Å²) in [5.74, 6) is 0. The first-order valence-electron chi connectivity index (χ1n) is 2.55. The number of nitrogens with zero attached hydrogens (tertiary/aromatic N) is 1. The second kappa shape index (κ2) is 5.51. The molecule has 0 aromatic carbocycles. The minimum Gasteiger partial charge on any atom is -0.394 e. The average Bonchev–Trinajstić information content (AvgIpc) is 1.89. The Morgan fingerprint density at radius 1 is 1.67 bits per heavy atom.